The highest BCUT2D eigenvalue weighted by Crippen LogP contribution is 2.27. The number of aromatic nitrogens is 1. The van der Waals surface area contributed by atoms with Crippen LogP contribution in [0, 0.1) is 5.82 Å². The predicted octanol–water partition coefficient (Wildman–Crippen LogP) is 4.90. The van der Waals surface area contributed by atoms with Crippen LogP contribution in [0.3, 0.4) is 0 Å². The number of alkyl halides is 1. The van der Waals surface area contributed by atoms with Gasteiger partial charge in [-0.15, -0.1) is 22.9 Å². The van der Waals surface area contributed by atoms with Crippen LogP contribution in [-0.4, -0.2) is 4.98 Å². The van der Waals surface area contributed by atoms with Gasteiger partial charge in [0.05, 0.1) is 11.6 Å². The van der Waals surface area contributed by atoms with Crippen molar-refractivity contribution in [3.8, 4) is 5.75 Å². The first-order valence-electron chi connectivity index (χ1n) is 6.33. The molecule has 0 spiro atoms. The van der Waals surface area contributed by atoms with E-state index in [2.05, 4.69) is 25.8 Å². The third-order valence-electron chi connectivity index (χ3n) is 2.85. The van der Waals surface area contributed by atoms with Gasteiger partial charge in [0, 0.05) is 16.4 Å². The van der Waals surface area contributed by atoms with E-state index >= 15 is 0 Å². The van der Waals surface area contributed by atoms with Crippen LogP contribution < -0.4 is 4.74 Å². The fourth-order valence-electron chi connectivity index (χ4n) is 1.68. The first kappa shape index (κ1) is 15.3. The van der Waals surface area contributed by atoms with Gasteiger partial charge in [0.15, 0.2) is 11.6 Å². The monoisotopic (exact) mass is 313 g/mol. The molecule has 0 saturated heterocycles. The molecule has 0 atom stereocenters. The van der Waals surface area contributed by atoms with Gasteiger partial charge in [-0.2, -0.15) is 0 Å². The second kappa shape index (κ2) is 6.10. The molecule has 1 aromatic heterocycles. The lowest BCUT2D eigenvalue weighted by molar-refractivity contribution is 0.286. The fraction of sp³-hybridized carbons (Fsp3) is 0.400. The largest absolute Gasteiger partial charge is 0.483 e. The molecule has 0 aliphatic rings. The molecule has 2 aromatic rings. The van der Waals surface area contributed by atoms with E-state index in [1.54, 1.807) is 12.1 Å². The van der Waals surface area contributed by atoms with Crippen LogP contribution in [-0.2, 0) is 17.9 Å². The lowest BCUT2D eigenvalue weighted by Crippen LogP contribution is -2.11. The first-order valence-corrected chi connectivity index (χ1v) is 7.74. The van der Waals surface area contributed by atoms with Crippen molar-refractivity contribution in [1.82, 2.24) is 4.98 Å². The maximum atomic E-state index is 13.7. The molecule has 1 aromatic carbocycles. The molecule has 5 heteroatoms. The Bertz CT molecular complexity index is 592. The Balaban J connectivity index is 2.11. The molecule has 0 bridgehead atoms. The van der Waals surface area contributed by atoms with E-state index in [0.717, 1.165) is 10.7 Å². The quantitative estimate of drug-likeness (QED) is 0.749. The normalized spacial score (nSPS) is 11.7. The summed E-state index contributed by atoms with van der Waals surface area (Å²) in [6.45, 7) is 6.57. The van der Waals surface area contributed by atoms with Gasteiger partial charge in [-0.25, -0.2) is 9.37 Å². The summed E-state index contributed by atoms with van der Waals surface area (Å²) in [5.74, 6) is 0.0452. The van der Waals surface area contributed by atoms with Gasteiger partial charge in [0.2, 0.25) is 0 Å². The van der Waals surface area contributed by atoms with Crippen LogP contribution in [0.1, 0.15) is 37.0 Å². The average molecular weight is 314 g/mol. The van der Waals surface area contributed by atoms with Crippen molar-refractivity contribution in [2.75, 3.05) is 0 Å². The van der Waals surface area contributed by atoms with Crippen molar-refractivity contribution < 1.29 is 9.13 Å². The van der Waals surface area contributed by atoms with Gasteiger partial charge in [0.1, 0.15) is 11.6 Å². The van der Waals surface area contributed by atoms with E-state index < -0.39 is 5.82 Å². The number of hydrogen-bond donors (Lipinski definition) is 0. The molecule has 0 saturated carbocycles. The van der Waals surface area contributed by atoms with E-state index in [1.807, 2.05) is 5.38 Å². The van der Waals surface area contributed by atoms with Crippen molar-refractivity contribution in [2.24, 2.45) is 0 Å². The number of ether oxygens (including phenoxy) is 1. The summed E-state index contributed by atoms with van der Waals surface area (Å²) >= 11 is 7.31. The molecular formula is C15H17ClFNOS. The van der Waals surface area contributed by atoms with E-state index in [4.69, 9.17) is 16.3 Å². The Labute approximate surface area is 127 Å². The zero-order valence-corrected chi connectivity index (χ0v) is 13.3. The Morgan fingerprint density at radius 1 is 1.35 bits per heavy atom. The van der Waals surface area contributed by atoms with E-state index in [-0.39, 0.29) is 23.7 Å². The van der Waals surface area contributed by atoms with Crippen LogP contribution in [0.15, 0.2) is 23.6 Å². The Hall–Kier alpha value is -1.13. The van der Waals surface area contributed by atoms with Crippen molar-refractivity contribution in [1.29, 1.82) is 0 Å². The van der Waals surface area contributed by atoms with Gasteiger partial charge in [0.25, 0.3) is 0 Å². The smallest absolute Gasteiger partial charge is 0.165 e. The third-order valence-corrected chi connectivity index (χ3v) is 3.96. The zero-order chi connectivity index (χ0) is 14.8. The summed E-state index contributed by atoms with van der Waals surface area (Å²) < 4.78 is 19.3. The number of benzene rings is 1. The molecule has 108 valence electrons. The minimum atomic E-state index is -0.393. The highest BCUT2D eigenvalue weighted by atomic mass is 35.5. The molecule has 0 aliphatic heterocycles. The van der Waals surface area contributed by atoms with Crippen LogP contribution in [0.2, 0.25) is 0 Å². The van der Waals surface area contributed by atoms with Crippen molar-refractivity contribution in [3.63, 3.8) is 0 Å². The van der Waals surface area contributed by atoms with E-state index in [0.29, 0.717) is 5.56 Å². The van der Waals surface area contributed by atoms with Crippen LogP contribution >= 0.6 is 22.9 Å². The fourth-order valence-corrected chi connectivity index (χ4v) is 2.82. The molecule has 2 rings (SSSR count). The maximum absolute atomic E-state index is 13.7. The highest BCUT2D eigenvalue weighted by molar-refractivity contribution is 7.09. The Morgan fingerprint density at radius 3 is 2.70 bits per heavy atom. The van der Waals surface area contributed by atoms with Gasteiger partial charge in [-0.1, -0.05) is 32.9 Å². The van der Waals surface area contributed by atoms with Gasteiger partial charge < -0.3 is 4.74 Å². The van der Waals surface area contributed by atoms with Crippen molar-refractivity contribution >= 4 is 22.9 Å². The molecule has 0 N–H and O–H groups in total. The summed E-state index contributed by atoms with van der Waals surface area (Å²) in [6, 6.07) is 4.75. The molecule has 0 radical (unpaired) electrons. The molecule has 0 unspecified atom stereocenters. The van der Waals surface area contributed by atoms with Crippen molar-refractivity contribution in [3.05, 3.63) is 45.7 Å². The number of nitrogens with zero attached hydrogens (tertiary/aromatic N) is 1. The average Bonchev–Trinajstić information content (AvgIpc) is 2.85. The van der Waals surface area contributed by atoms with Crippen LogP contribution in [0.25, 0.3) is 0 Å². The Kier molecular flexibility index (Phi) is 4.66. The molecule has 0 aliphatic carbocycles. The maximum Gasteiger partial charge on any atom is 0.165 e. The van der Waals surface area contributed by atoms with Crippen LogP contribution in [0.5, 0.6) is 5.75 Å². The summed E-state index contributed by atoms with van der Waals surface area (Å²) in [4.78, 5) is 4.52. The van der Waals surface area contributed by atoms with Gasteiger partial charge in [-0.3, -0.25) is 0 Å². The number of rotatable bonds is 4. The minimum absolute atomic E-state index is 0.00798. The molecule has 0 amide bonds. The predicted molar refractivity (Wildman–Crippen MR) is 81.1 cm³/mol. The topological polar surface area (TPSA) is 22.1 Å². The molecule has 1 heterocycles. The second-order valence-corrected chi connectivity index (χ2v) is 6.74. The number of hydrogen-bond acceptors (Lipinski definition) is 3. The van der Waals surface area contributed by atoms with Gasteiger partial charge in [-0.05, 0) is 6.07 Å². The minimum Gasteiger partial charge on any atom is -0.483 e. The van der Waals surface area contributed by atoms with E-state index in [9.17, 15) is 4.39 Å². The summed E-state index contributed by atoms with van der Waals surface area (Å²) in [7, 11) is 0. The Morgan fingerprint density at radius 2 is 2.10 bits per heavy atom. The SMILES string of the molecule is CC(C)(C)c1csc(COc2c(F)cccc2CCl)n1. The lowest BCUT2D eigenvalue weighted by Gasteiger charge is -2.14. The summed E-state index contributed by atoms with van der Waals surface area (Å²) in [5.41, 5.74) is 1.68. The van der Waals surface area contributed by atoms with Crippen LogP contribution in [0.4, 0.5) is 4.39 Å². The second-order valence-electron chi connectivity index (χ2n) is 5.53. The zero-order valence-electron chi connectivity index (χ0n) is 11.7. The first-order chi connectivity index (χ1) is 9.41. The van der Waals surface area contributed by atoms with Crippen molar-refractivity contribution in [2.45, 2.75) is 38.7 Å². The lowest BCUT2D eigenvalue weighted by atomic mass is 9.93. The number of thiazole rings is 1. The molecular weight excluding hydrogens is 297 g/mol. The molecule has 2 nitrogen and oxygen atoms in total. The molecule has 0 fully saturated rings. The van der Waals surface area contributed by atoms with Gasteiger partial charge >= 0.3 is 0 Å². The van der Waals surface area contributed by atoms with E-state index in [1.165, 1.54) is 17.4 Å². The molecule has 20 heavy (non-hydrogen) atoms. The standard InChI is InChI=1S/C15H17ClFNOS/c1-15(2,3)12-9-20-13(18-12)8-19-14-10(7-16)5-4-6-11(14)17/h4-6,9H,7-8H2,1-3H3. The highest BCUT2D eigenvalue weighted by Gasteiger charge is 2.18. The number of para-hydroxylation sites is 1. The summed E-state index contributed by atoms with van der Waals surface area (Å²) in [5, 5.41) is 2.85. The third kappa shape index (κ3) is 3.49. The summed E-state index contributed by atoms with van der Waals surface area (Å²) in [6.07, 6.45) is 0. The number of halogens is 2.